The predicted octanol–water partition coefficient (Wildman–Crippen LogP) is 6.87. The van der Waals surface area contributed by atoms with Crippen LogP contribution in [0.3, 0.4) is 0 Å². The van der Waals surface area contributed by atoms with Crippen LogP contribution in [0.25, 0.3) is 0 Å². The Bertz CT molecular complexity index is 522. The molecule has 0 saturated heterocycles. The summed E-state index contributed by atoms with van der Waals surface area (Å²) in [6.07, 6.45) is 16.2. The molecule has 0 fully saturated rings. The van der Waals surface area contributed by atoms with Crippen molar-refractivity contribution in [3.05, 3.63) is 58.9 Å². The zero-order valence-electron chi connectivity index (χ0n) is 16.5. The summed E-state index contributed by atoms with van der Waals surface area (Å²) in [5, 5.41) is 3.54. The average Bonchev–Trinajstić information content (AvgIpc) is 2.53. The van der Waals surface area contributed by atoms with Crippen LogP contribution in [-0.4, -0.2) is 6.54 Å². The Balaban J connectivity index is 2.51. The van der Waals surface area contributed by atoms with E-state index >= 15 is 0 Å². The molecule has 134 valence electrons. The van der Waals surface area contributed by atoms with Crippen molar-refractivity contribution in [3.63, 3.8) is 0 Å². The van der Waals surface area contributed by atoms with Crippen LogP contribution in [0.4, 0.5) is 0 Å². The van der Waals surface area contributed by atoms with Gasteiger partial charge in [0.05, 0.1) is 0 Å². The lowest BCUT2D eigenvalue weighted by molar-refractivity contribution is 0.514. The molecule has 0 aromatic heterocycles. The molecule has 0 heterocycles. The van der Waals surface area contributed by atoms with Crippen molar-refractivity contribution in [1.82, 2.24) is 5.32 Å². The highest BCUT2D eigenvalue weighted by Gasteiger charge is 2.08. The van der Waals surface area contributed by atoms with Crippen molar-refractivity contribution >= 4 is 0 Å². The summed E-state index contributed by atoms with van der Waals surface area (Å²) in [4.78, 5) is 0. The van der Waals surface area contributed by atoms with Crippen molar-refractivity contribution in [1.29, 1.82) is 0 Å². The van der Waals surface area contributed by atoms with E-state index in [1.165, 1.54) is 66.5 Å². The molecule has 0 aliphatic heterocycles. The van der Waals surface area contributed by atoms with Crippen molar-refractivity contribution < 1.29 is 0 Å². The fourth-order valence-corrected chi connectivity index (χ4v) is 3.29. The second-order valence-corrected chi connectivity index (χ2v) is 7.19. The molecule has 0 radical (unpaired) electrons. The summed E-state index contributed by atoms with van der Waals surface area (Å²) >= 11 is 0. The molecule has 0 saturated carbocycles. The molecule has 1 nitrogen and oxygen atoms in total. The van der Waals surface area contributed by atoms with E-state index in [2.05, 4.69) is 70.8 Å². The van der Waals surface area contributed by atoms with E-state index in [1.54, 1.807) is 0 Å². The first-order chi connectivity index (χ1) is 11.5. The van der Waals surface area contributed by atoms with E-state index in [4.69, 9.17) is 0 Å². The molecule has 1 aliphatic carbocycles. The molecule has 0 bridgehead atoms. The van der Waals surface area contributed by atoms with Crippen molar-refractivity contribution in [2.45, 2.75) is 73.1 Å². The third-order valence-corrected chi connectivity index (χ3v) is 4.88. The van der Waals surface area contributed by atoms with Crippen molar-refractivity contribution in [2.75, 3.05) is 6.54 Å². The molecule has 0 aromatic carbocycles. The highest BCUT2D eigenvalue weighted by Crippen LogP contribution is 2.23. The van der Waals surface area contributed by atoms with Crippen LogP contribution < -0.4 is 5.32 Å². The zero-order chi connectivity index (χ0) is 17.9. The SMILES string of the molecule is C=C(/C=C\C=C(/C)NCC1=C(C)C=C(C)CC1)C(CCC)CCC. The second kappa shape index (κ2) is 11.1. The van der Waals surface area contributed by atoms with Gasteiger partial charge in [0.1, 0.15) is 0 Å². The standard InChI is InChI=1S/C23H37N/c1-7-10-22(11-8-2)19(4)12-9-13-21(6)24-17-23-15-14-18(3)16-20(23)5/h9,12-13,16,22,24H,4,7-8,10-11,14-15,17H2,1-3,5-6H3/b12-9-,21-13+. The molecule has 1 rings (SSSR count). The maximum Gasteiger partial charge on any atom is 0.0362 e. The minimum absolute atomic E-state index is 0.642. The molecule has 0 aromatic rings. The number of nitrogens with one attached hydrogen (secondary N) is 1. The lowest BCUT2D eigenvalue weighted by Gasteiger charge is -2.17. The maximum atomic E-state index is 4.28. The summed E-state index contributed by atoms with van der Waals surface area (Å²) < 4.78 is 0. The van der Waals surface area contributed by atoms with Crippen LogP contribution in [-0.2, 0) is 0 Å². The second-order valence-electron chi connectivity index (χ2n) is 7.19. The summed E-state index contributed by atoms with van der Waals surface area (Å²) in [6, 6.07) is 0. The predicted molar refractivity (Wildman–Crippen MR) is 109 cm³/mol. The molecule has 1 heteroatoms. The van der Waals surface area contributed by atoms with Crippen LogP contribution in [0.15, 0.2) is 58.9 Å². The van der Waals surface area contributed by atoms with Crippen LogP contribution in [0.2, 0.25) is 0 Å². The Labute approximate surface area is 150 Å². The Morgan fingerprint density at radius 3 is 2.46 bits per heavy atom. The highest BCUT2D eigenvalue weighted by molar-refractivity contribution is 5.32. The first kappa shape index (κ1) is 20.5. The number of hydrogen-bond donors (Lipinski definition) is 1. The van der Waals surface area contributed by atoms with Crippen LogP contribution >= 0.6 is 0 Å². The molecule has 1 N–H and O–H groups in total. The molecule has 1 aliphatic rings. The van der Waals surface area contributed by atoms with Gasteiger partial charge in [-0.05, 0) is 64.0 Å². The molecular weight excluding hydrogens is 290 g/mol. The van der Waals surface area contributed by atoms with Crippen LogP contribution in [0.1, 0.15) is 73.1 Å². The average molecular weight is 328 g/mol. The Morgan fingerprint density at radius 1 is 1.21 bits per heavy atom. The number of allylic oxidation sites excluding steroid dienone is 8. The van der Waals surface area contributed by atoms with E-state index in [0.29, 0.717) is 5.92 Å². The fourth-order valence-electron chi connectivity index (χ4n) is 3.29. The van der Waals surface area contributed by atoms with Gasteiger partial charge in [-0.25, -0.2) is 0 Å². The lowest BCUT2D eigenvalue weighted by atomic mass is 9.91. The van der Waals surface area contributed by atoms with E-state index < -0.39 is 0 Å². The summed E-state index contributed by atoms with van der Waals surface area (Å²) in [6.45, 7) is 16.3. The van der Waals surface area contributed by atoms with E-state index in [9.17, 15) is 0 Å². The monoisotopic (exact) mass is 327 g/mol. The highest BCUT2D eigenvalue weighted by atomic mass is 14.9. The van der Waals surface area contributed by atoms with E-state index in [0.717, 1.165) is 6.54 Å². The van der Waals surface area contributed by atoms with Gasteiger partial charge in [0, 0.05) is 12.2 Å². The third-order valence-electron chi connectivity index (χ3n) is 4.88. The van der Waals surface area contributed by atoms with E-state index in [1.807, 2.05) is 0 Å². The minimum Gasteiger partial charge on any atom is -0.385 e. The smallest absolute Gasteiger partial charge is 0.0362 e. The van der Waals surface area contributed by atoms with Gasteiger partial charge in [0.2, 0.25) is 0 Å². The molecular formula is C23H37N. The summed E-state index contributed by atoms with van der Waals surface area (Å²) in [5.41, 5.74) is 6.96. The topological polar surface area (TPSA) is 12.0 Å². The van der Waals surface area contributed by atoms with Gasteiger partial charge >= 0.3 is 0 Å². The van der Waals surface area contributed by atoms with Crippen LogP contribution in [0, 0.1) is 5.92 Å². The molecule has 0 spiro atoms. The van der Waals surface area contributed by atoms with Crippen molar-refractivity contribution in [3.8, 4) is 0 Å². The Hall–Kier alpha value is -1.50. The lowest BCUT2D eigenvalue weighted by Crippen LogP contribution is -2.16. The zero-order valence-corrected chi connectivity index (χ0v) is 16.5. The maximum absolute atomic E-state index is 4.28. The van der Waals surface area contributed by atoms with Gasteiger partial charge in [0.25, 0.3) is 0 Å². The van der Waals surface area contributed by atoms with Gasteiger partial charge in [-0.15, -0.1) is 0 Å². The van der Waals surface area contributed by atoms with Gasteiger partial charge in [0.15, 0.2) is 0 Å². The summed E-state index contributed by atoms with van der Waals surface area (Å²) in [7, 11) is 0. The van der Waals surface area contributed by atoms with Gasteiger partial charge in [-0.2, -0.15) is 0 Å². The first-order valence-electron chi connectivity index (χ1n) is 9.61. The van der Waals surface area contributed by atoms with Gasteiger partial charge in [-0.3, -0.25) is 0 Å². The minimum atomic E-state index is 0.642. The fraction of sp³-hybridized carbons (Fsp3) is 0.565. The normalized spacial score (nSPS) is 16.1. The number of hydrogen-bond acceptors (Lipinski definition) is 1. The Kier molecular flexibility index (Phi) is 9.52. The number of rotatable bonds is 10. The quantitative estimate of drug-likeness (QED) is 0.432. The van der Waals surface area contributed by atoms with Gasteiger partial charge in [-0.1, -0.05) is 68.2 Å². The molecule has 24 heavy (non-hydrogen) atoms. The van der Waals surface area contributed by atoms with Crippen molar-refractivity contribution in [2.24, 2.45) is 5.92 Å². The van der Waals surface area contributed by atoms with Crippen LogP contribution in [0.5, 0.6) is 0 Å². The third kappa shape index (κ3) is 7.38. The Morgan fingerprint density at radius 2 is 1.88 bits per heavy atom. The van der Waals surface area contributed by atoms with Gasteiger partial charge < -0.3 is 5.32 Å². The molecule has 0 atom stereocenters. The first-order valence-corrected chi connectivity index (χ1v) is 9.61. The summed E-state index contributed by atoms with van der Waals surface area (Å²) in [5.74, 6) is 0.642. The molecule has 0 unspecified atom stereocenters. The molecule has 0 amide bonds. The largest absolute Gasteiger partial charge is 0.385 e. The van der Waals surface area contributed by atoms with E-state index in [-0.39, 0.29) is 0 Å².